The van der Waals surface area contributed by atoms with Gasteiger partial charge in [0, 0.05) is 94.3 Å². The van der Waals surface area contributed by atoms with Gasteiger partial charge in [0.1, 0.15) is 19.0 Å². The van der Waals surface area contributed by atoms with Crippen LogP contribution in [-0.2, 0) is 0 Å². The zero-order valence-electron chi connectivity index (χ0n) is 41.3. The van der Waals surface area contributed by atoms with Crippen LogP contribution in [0.5, 0.6) is 0 Å². The van der Waals surface area contributed by atoms with Gasteiger partial charge in [-0.05, 0) is 48.6 Å². The van der Waals surface area contributed by atoms with Crippen LogP contribution in [0.4, 0.5) is 0 Å². The number of aromatic nitrogens is 10. The van der Waals surface area contributed by atoms with Crippen molar-refractivity contribution in [3.05, 3.63) is 249 Å². The molecule has 10 nitrogen and oxygen atoms in total. The molecule has 0 radical (unpaired) electrons. The first-order valence-electron chi connectivity index (χ1n) is 25.4. The summed E-state index contributed by atoms with van der Waals surface area (Å²) >= 11 is 0. The Morgan fingerprint density at radius 3 is 0.740 bits per heavy atom. The van der Waals surface area contributed by atoms with Crippen molar-refractivity contribution in [3.8, 4) is 101 Å². The maximum atomic E-state index is 5.54. The van der Waals surface area contributed by atoms with E-state index in [4.69, 9.17) is 34.9 Å². The Balaban J connectivity index is 1.19. The van der Waals surface area contributed by atoms with Gasteiger partial charge < -0.3 is 15.0 Å². The number of benzene rings is 6. The molecule has 0 spiro atoms. The maximum Gasteiger partial charge on any atom is 0.116 e. The van der Waals surface area contributed by atoms with Gasteiger partial charge in [-0.3, -0.25) is 0 Å². The lowest BCUT2D eigenvalue weighted by Crippen LogP contribution is -1.99. The minimum Gasteiger partial charge on any atom is -0.354 e. The van der Waals surface area contributed by atoms with E-state index in [0.717, 1.165) is 145 Å². The third-order valence-corrected chi connectivity index (χ3v) is 14.2. The van der Waals surface area contributed by atoms with Crippen LogP contribution in [-0.4, -0.2) is 49.8 Å². The first kappa shape index (κ1) is 44.9. The Morgan fingerprint density at radius 2 is 0.442 bits per heavy atom. The molecule has 7 aromatic heterocycles. The lowest BCUT2D eigenvalue weighted by atomic mass is 9.93. The summed E-state index contributed by atoms with van der Waals surface area (Å²) in [5.74, 6) is 0. The monoisotopic (exact) mass is 988 g/mol. The Hall–Kier alpha value is -10.7. The minimum atomic E-state index is 0.739. The molecule has 8 bridgehead atoms. The number of hydrogen-bond acceptors (Lipinski definition) is 7. The van der Waals surface area contributed by atoms with Crippen molar-refractivity contribution < 1.29 is 0 Å². The Labute approximate surface area is 442 Å². The molecule has 10 heteroatoms. The molecule has 3 N–H and O–H groups in total. The van der Waals surface area contributed by atoms with Crippen molar-refractivity contribution in [2.75, 3.05) is 0 Å². The van der Waals surface area contributed by atoms with Gasteiger partial charge in [0.25, 0.3) is 0 Å². The lowest BCUT2D eigenvalue weighted by molar-refractivity contribution is 1.17. The van der Waals surface area contributed by atoms with Gasteiger partial charge in [-0.1, -0.05) is 182 Å². The quantitative estimate of drug-likeness (QED) is 0.131. The summed E-state index contributed by atoms with van der Waals surface area (Å²) in [4.78, 5) is 48.1. The second-order valence-electron chi connectivity index (χ2n) is 18.7. The van der Waals surface area contributed by atoms with Gasteiger partial charge in [0.15, 0.2) is 0 Å². The molecule has 0 saturated carbocycles. The predicted octanol–water partition coefficient (Wildman–Crippen LogP) is 16.1. The van der Waals surface area contributed by atoms with E-state index >= 15 is 0 Å². The molecule has 0 unspecified atom stereocenters. The molecule has 0 saturated heterocycles. The normalized spacial score (nSPS) is 11.6. The van der Waals surface area contributed by atoms with Crippen molar-refractivity contribution in [3.63, 3.8) is 0 Å². The minimum absolute atomic E-state index is 0.739. The molecule has 0 aliphatic carbocycles. The molecule has 0 fully saturated rings. The largest absolute Gasteiger partial charge is 0.354 e. The van der Waals surface area contributed by atoms with E-state index in [1.165, 1.54) is 0 Å². The molecule has 1 aliphatic heterocycles. The second kappa shape index (κ2) is 19.3. The highest BCUT2D eigenvalue weighted by atomic mass is 14.9. The average molecular weight is 989 g/mol. The lowest BCUT2D eigenvalue weighted by Gasteiger charge is -2.16. The molecule has 0 atom stereocenters. The third-order valence-electron chi connectivity index (χ3n) is 14.2. The summed E-state index contributed by atoms with van der Waals surface area (Å²) in [6.45, 7) is 0. The van der Waals surface area contributed by atoms with Gasteiger partial charge in [-0.2, -0.15) is 0 Å². The fourth-order valence-corrected chi connectivity index (χ4v) is 10.7. The van der Waals surface area contributed by atoms with E-state index in [0.29, 0.717) is 0 Å². The van der Waals surface area contributed by atoms with E-state index in [2.05, 4.69) is 136 Å². The first-order chi connectivity index (χ1) is 38.2. The van der Waals surface area contributed by atoms with E-state index in [1.807, 2.05) is 109 Å². The molecule has 8 heterocycles. The SMILES string of the molecule is C1=Cc2nc1c(-c1c(-c3ccccc3)ncnc1-c1ccccc1)c1ccc([nH]1)c(-c1c(-c3ccccc3)ncnc1-c1ccccc1)c1ccc([nH]1)c(-c1c(-c3ccccc3)ncnc1-c1ccccc1)c1ccc2[nH]1. The van der Waals surface area contributed by atoms with Crippen LogP contribution in [0.2, 0.25) is 0 Å². The number of rotatable bonds is 9. The summed E-state index contributed by atoms with van der Waals surface area (Å²) in [5.41, 5.74) is 21.9. The summed E-state index contributed by atoms with van der Waals surface area (Å²) < 4.78 is 0. The van der Waals surface area contributed by atoms with E-state index in [9.17, 15) is 0 Å². The van der Waals surface area contributed by atoms with Gasteiger partial charge in [0.2, 0.25) is 0 Å². The summed E-state index contributed by atoms with van der Waals surface area (Å²) in [6, 6.07) is 74.7. The molecular weight excluding hydrogens is 945 g/mol. The summed E-state index contributed by atoms with van der Waals surface area (Å²) in [7, 11) is 0. The van der Waals surface area contributed by atoms with Crippen LogP contribution in [0, 0.1) is 0 Å². The van der Waals surface area contributed by atoms with Crippen LogP contribution in [0.15, 0.2) is 237 Å². The average Bonchev–Trinajstić information content (AvgIpc) is 4.40. The molecule has 13 aromatic rings. The molecule has 6 aromatic carbocycles. The maximum absolute atomic E-state index is 5.54. The fraction of sp³-hybridized carbons (Fsp3) is 0. The molecule has 362 valence electrons. The molecule has 14 rings (SSSR count). The van der Waals surface area contributed by atoms with Crippen molar-refractivity contribution in [1.82, 2.24) is 49.8 Å². The van der Waals surface area contributed by atoms with Crippen LogP contribution in [0.25, 0.3) is 146 Å². The Kier molecular flexibility index (Phi) is 11.3. The van der Waals surface area contributed by atoms with Gasteiger partial charge >= 0.3 is 0 Å². The number of nitrogens with zero attached hydrogens (tertiary/aromatic N) is 7. The molecular formula is C67H44N10. The van der Waals surface area contributed by atoms with Crippen molar-refractivity contribution >= 4 is 45.3 Å². The predicted molar refractivity (Wildman–Crippen MR) is 311 cm³/mol. The number of aromatic amines is 3. The number of H-pyrrole nitrogens is 3. The Morgan fingerprint density at radius 1 is 0.208 bits per heavy atom. The number of nitrogens with one attached hydrogen (secondary N) is 3. The van der Waals surface area contributed by atoms with E-state index in [1.54, 1.807) is 19.0 Å². The van der Waals surface area contributed by atoms with Crippen LogP contribution >= 0.6 is 0 Å². The van der Waals surface area contributed by atoms with Gasteiger partial charge in [-0.25, -0.2) is 34.9 Å². The van der Waals surface area contributed by atoms with Gasteiger partial charge in [0.05, 0.1) is 51.1 Å². The summed E-state index contributed by atoms with van der Waals surface area (Å²) in [6.07, 6.45) is 9.16. The van der Waals surface area contributed by atoms with E-state index < -0.39 is 0 Å². The van der Waals surface area contributed by atoms with Gasteiger partial charge in [-0.15, -0.1) is 0 Å². The fourth-order valence-electron chi connectivity index (χ4n) is 10.7. The standard InChI is InChI=1S/C67H44N10/c1-7-19-42(20-8-1)62-59(63(69-39-68-62)43-21-9-2-10-22-43)56-50-33-31-48(74-50)49-32-34-51(75-49)57(60-64(44-23-11-3-12-24-44)70-40-71-65(60)45-25-13-4-14-26-45)53-36-38-55(77-53)58(54-37-35-52(56)76-54)61-66(46-27-15-5-16-28-46)72-41-73-67(61)47-29-17-6-18-30-47/h1-41,74,76-77H. The zero-order valence-corrected chi connectivity index (χ0v) is 41.3. The van der Waals surface area contributed by atoms with Crippen molar-refractivity contribution in [1.29, 1.82) is 0 Å². The van der Waals surface area contributed by atoms with Crippen molar-refractivity contribution in [2.24, 2.45) is 0 Å². The number of fused-ring (bicyclic) bond motifs is 9. The third kappa shape index (κ3) is 8.14. The van der Waals surface area contributed by atoms with Crippen LogP contribution < -0.4 is 0 Å². The zero-order chi connectivity index (χ0) is 51.1. The summed E-state index contributed by atoms with van der Waals surface area (Å²) in [5, 5.41) is 0. The Bertz CT molecular complexity index is 4300. The molecule has 77 heavy (non-hydrogen) atoms. The second-order valence-corrected chi connectivity index (χ2v) is 18.7. The smallest absolute Gasteiger partial charge is 0.116 e. The highest BCUT2D eigenvalue weighted by Gasteiger charge is 2.26. The number of hydrogen-bond donors (Lipinski definition) is 3. The van der Waals surface area contributed by atoms with Crippen molar-refractivity contribution in [2.45, 2.75) is 0 Å². The highest BCUT2D eigenvalue weighted by molar-refractivity contribution is 6.09. The molecule has 0 amide bonds. The molecule has 1 aliphatic rings. The van der Waals surface area contributed by atoms with Crippen LogP contribution in [0.3, 0.4) is 0 Å². The topological polar surface area (TPSA) is 138 Å². The van der Waals surface area contributed by atoms with E-state index in [-0.39, 0.29) is 0 Å². The van der Waals surface area contributed by atoms with Crippen LogP contribution in [0.1, 0.15) is 11.4 Å². The first-order valence-corrected chi connectivity index (χ1v) is 25.4. The highest BCUT2D eigenvalue weighted by Crippen LogP contribution is 2.46.